The number of fused-ring (bicyclic) bond motifs is 2. The third-order valence-electron chi connectivity index (χ3n) is 5.43. The second kappa shape index (κ2) is 3.64. The number of ether oxygens (including phenoxy) is 2. The summed E-state index contributed by atoms with van der Waals surface area (Å²) in [6, 6.07) is 8.37. The van der Waals surface area contributed by atoms with Crippen molar-refractivity contribution in [3.05, 3.63) is 35.4 Å². The molecule has 2 heterocycles. The van der Waals surface area contributed by atoms with Crippen LogP contribution < -0.4 is 0 Å². The second-order valence-electron chi connectivity index (χ2n) is 6.63. The van der Waals surface area contributed by atoms with Crippen molar-refractivity contribution in [3.63, 3.8) is 0 Å². The summed E-state index contributed by atoms with van der Waals surface area (Å²) in [7, 11) is 0. The van der Waals surface area contributed by atoms with E-state index in [0.29, 0.717) is 0 Å². The van der Waals surface area contributed by atoms with Crippen LogP contribution in [-0.4, -0.2) is 17.2 Å². The molecule has 3 nitrogen and oxygen atoms in total. The summed E-state index contributed by atoms with van der Waals surface area (Å²) in [5.41, 5.74) is 0.547. The molecule has 2 aliphatic heterocycles. The average Bonchev–Trinajstić information content (AvgIpc) is 3.06. The van der Waals surface area contributed by atoms with Crippen LogP contribution in [-0.2, 0) is 19.9 Å². The third-order valence-corrected chi connectivity index (χ3v) is 5.43. The number of aryl methyl sites for hydroxylation is 1. The number of hydrogen-bond acceptors (Lipinski definition) is 3. The standard InChI is InChI=1S/C17H20O3/c1-12-6-8-13(9-7-12)17-15(2,20-17)14(18)19-16(17)10-4-3-5-11-16/h6-9H,3-5,10-11H2,1-2H3/t15-,17-/m0/s1. The summed E-state index contributed by atoms with van der Waals surface area (Å²) >= 11 is 0. The van der Waals surface area contributed by atoms with Gasteiger partial charge in [-0.15, -0.1) is 0 Å². The molecule has 20 heavy (non-hydrogen) atoms. The predicted molar refractivity (Wildman–Crippen MR) is 74.3 cm³/mol. The van der Waals surface area contributed by atoms with Gasteiger partial charge >= 0.3 is 5.97 Å². The molecule has 0 bridgehead atoms. The molecule has 1 aliphatic carbocycles. The SMILES string of the molecule is Cc1ccc([C@]23O[C@@]2(C)C(=O)OC32CCCCC2)cc1. The molecule has 3 aliphatic rings. The van der Waals surface area contributed by atoms with Gasteiger partial charge in [-0.1, -0.05) is 36.2 Å². The van der Waals surface area contributed by atoms with Gasteiger partial charge in [0.2, 0.25) is 5.60 Å². The van der Waals surface area contributed by atoms with Crippen molar-refractivity contribution in [3.8, 4) is 0 Å². The molecule has 3 fully saturated rings. The van der Waals surface area contributed by atoms with E-state index in [0.717, 1.165) is 31.2 Å². The van der Waals surface area contributed by atoms with Crippen molar-refractivity contribution >= 4 is 5.97 Å². The Bertz CT molecular complexity index is 570. The Morgan fingerprint density at radius 1 is 1.05 bits per heavy atom. The summed E-state index contributed by atoms with van der Waals surface area (Å²) in [6.45, 7) is 3.96. The van der Waals surface area contributed by atoms with Crippen molar-refractivity contribution in [2.45, 2.75) is 62.8 Å². The molecule has 0 aromatic heterocycles. The first-order chi connectivity index (χ1) is 9.54. The van der Waals surface area contributed by atoms with E-state index in [4.69, 9.17) is 9.47 Å². The van der Waals surface area contributed by atoms with E-state index in [-0.39, 0.29) is 5.97 Å². The van der Waals surface area contributed by atoms with E-state index < -0.39 is 16.8 Å². The quantitative estimate of drug-likeness (QED) is 0.582. The molecule has 0 radical (unpaired) electrons. The van der Waals surface area contributed by atoms with Crippen LogP contribution in [0.15, 0.2) is 24.3 Å². The van der Waals surface area contributed by atoms with Crippen LogP contribution >= 0.6 is 0 Å². The first-order valence-electron chi connectivity index (χ1n) is 7.55. The number of benzene rings is 1. The van der Waals surface area contributed by atoms with Crippen LogP contribution in [0.2, 0.25) is 0 Å². The molecule has 106 valence electrons. The van der Waals surface area contributed by atoms with Crippen molar-refractivity contribution < 1.29 is 14.3 Å². The Morgan fingerprint density at radius 3 is 2.30 bits per heavy atom. The maximum atomic E-state index is 12.3. The van der Waals surface area contributed by atoms with Crippen LogP contribution in [0.1, 0.15) is 50.2 Å². The molecule has 0 N–H and O–H groups in total. The smallest absolute Gasteiger partial charge is 0.342 e. The van der Waals surface area contributed by atoms with Crippen molar-refractivity contribution in [1.29, 1.82) is 0 Å². The lowest BCUT2D eigenvalue weighted by molar-refractivity contribution is -0.173. The van der Waals surface area contributed by atoms with Gasteiger partial charge in [-0.3, -0.25) is 0 Å². The van der Waals surface area contributed by atoms with E-state index in [1.165, 1.54) is 12.0 Å². The van der Waals surface area contributed by atoms with Gasteiger partial charge in [0.15, 0.2) is 5.60 Å². The average molecular weight is 272 g/mol. The Labute approximate surface area is 119 Å². The molecule has 1 saturated carbocycles. The molecule has 2 saturated heterocycles. The van der Waals surface area contributed by atoms with Crippen LogP contribution in [0.4, 0.5) is 0 Å². The molecular formula is C17H20O3. The molecule has 1 spiro atoms. The predicted octanol–water partition coefficient (Wildman–Crippen LogP) is 3.24. The van der Waals surface area contributed by atoms with Gasteiger partial charge in [0.1, 0.15) is 5.60 Å². The maximum Gasteiger partial charge on any atom is 0.342 e. The molecule has 0 amide bonds. The first kappa shape index (κ1) is 12.4. The number of hydrogen-bond donors (Lipinski definition) is 0. The number of carbonyl (C=O) groups is 1. The Hall–Kier alpha value is -1.35. The highest BCUT2D eigenvalue weighted by atomic mass is 16.7. The summed E-state index contributed by atoms with van der Waals surface area (Å²) in [6.07, 6.45) is 5.28. The van der Waals surface area contributed by atoms with Gasteiger partial charge in [-0.05, 0) is 45.1 Å². The summed E-state index contributed by atoms with van der Waals surface area (Å²) in [4.78, 5) is 12.3. The molecule has 1 aromatic carbocycles. The highest BCUT2D eigenvalue weighted by molar-refractivity contribution is 5.89. The first-order valence-corrected chi connectivity index (χ1v) is 7.55. The highest BCUT2D eigenvalue weighted by Crippen LogP contribution is 2.70. The lowest BCUT2D eigenvalue weighted by atomic mass is 9.69. The lowest BCUT2D eigenvalue weighted by Gasteiger charge is -2.38. The fraction of sp³-hybridized carbons (Fsp3) is 0.588. The van der Waals surface area contributed by atoms with Crippen molar-refractivity contribution in [1.82, 2.24) is 0 Å². The van der Waals surface area contributed by atoms with E-state index >= 15 is 0 Å². The third kappa shape index (κ3) is 1.23. The van der Waals surface area contributed by atoms with Gasteiger partial charge in [0, 0.05) is 0 Å². The maximum absolute atomic E-state index is 12.3. The van der Waals surface area contributed by atoms with Gasteiger partial charge < -0.3 is 9.47 Å². The van der Waals surface area contributed by atoms with Gasteiger partial charge in [-0.2, -0.15) is 0 Å². The molecule has 2 atom stereocenters. The second-order valence-corrected chi connectivity index (χ2v) is 6.63. The zero-order valence-electron chi connectivity index (χ0n) is 12.1. The Kier molecular flexibility index (Phi) is 2.26. The number of carbonyl (C=O) groups excluding carboxylic acids is 1. The molecule has 1 aromatic rings. The van der Waals surface area contributed by atoms with Gasteiger partial charge in [-0.25, -0.2) is 4.79 Å². The zero-order valence-corrected chi connectivity index (χ0v) is 12.1. The fourth-order valence-electron chi connectivity index (χ4n) is 4.30. The lowest BCUT2D eigenvalue weighted by Crippen LogP contribution is -2.45. The van der Waals surface area contributed by atoms with Crippen LogP contribution in [0.3, 0.4) is 0 Å². The van der Waals surface area contributed by atoms with Crippen LogP contribution in [0.25, 0.3) is 0 Å². The number of esters is 1. The van der Waals surface area contributed by atoms with E-state index in [2.05, 4.69) is 31.2 Å². The normalized spacial score (nSPS) is 37.6. The minimum absolute atomic E-state index is 0.181. The topological polar surface area (TPSA) is 38.8 Å². The molecule has 0 unspecified atom stereocenters. The number of rotatable bonds is 1. The van der Waals surface area contributed by atoms with Gasteiger partial charge in [0.05, 0.1) is 0 Å². The van der Waals surface area contributed by atoms with E-state index in [9.17, 15) is 4.79 Å². The van der Waals surface area contributed by atoms with E-state index in [1.54, 1.807) is 0 Å². The zero-order chi connectivity index (χ0) is 14.0. The summed E-state index contributed by atoms with van der Waals surface area (Å²) in [5.74, 6) is -0.181. The summed E-state index contributed by atoms with van der Waals surface area (Å²) < 4.78 is 12.0. The van der Waals surface area contributed by atoms with Crippen LogP contribution in [0, 0.1) is 6.92 Å². The van der Waals surface area contributed by atoms with Gasteiger partial charge in [0.25, 0.3) is 0 Å². The molecule has 3 heteroatoms. The summed E-state index contributed by atoms with van der Waals surface area (Å²) in [5, 5.41) is 0. The van der Waals surface area contributed by atoms with Crippen molar-refractivity contribution in [2.75, 3.05) is 0 Å². The Balaban J connectivity index is 1.85. The number of epoxide rings is 1. The minimum Gasteiger partial charge on any atom is -0.453 e. The van der Waals surface area contributed by atoms with Crippen LogP contribution in [0.5, 0.6) is 0 Å². The fourth-order valence-corrected chi connectivity index (χ4v) is 4.30. The largest absolute Gasteiger partial charge is 0.453 e. The van der Waals surface area contributed by atoms with E-state index in [1.807, 2.05) is 6.92 Å². The monoisotopic (exact) mass is 272 g/mol. The highest BCUT2D eigenvalue weighted by Gasteiger charge is 2.87. The van der Waals surface area contributed by atoms with Crippen molar-refractivity contribution in [2.24, 2.45) is 0 Å². The minimum atomic E-state index is -0.778. The molecular weight excluding hydrogens is 252 g/mol. The Morgan fingerprint density at radius 2 is 1.70 bits per heavy atom. The molecule has 4 rings (SSSR count).